The van der Waals surface area contributed by atoms with Crippen LogP contribution in [0.25, 0.3) is 0 Å². The van der Waals surface area contributed by atoms with Gasteiger partial charge in [0.15, 0.2) is 0 Å². The Hall–Kier alpha value is -2.22. The third-order valence-electron chi connectivity index (χ3n) is 3.65. The molecule has 8 heteroatoms. The van der Waals surface area contributed by atoms with Crippen LogP contribution < -0.4 is 11.1 Å². The van der Waals surface area contributed by atoms with Gasteiger partial charge in [-0.05, 0) is 27.2 Å². The summed E-state index contributed by atoms with van der Waals surface area (Å²) in [7, 11) is 0. The van der Waals surface area contributed by atoms with Crippen LogP contribution in [0.5, 0.6) is 0 Å². The zero-order valence-electron chi connectivity index (χ0n) is 12.7. The fraction of sp³-hybridized carbons (Fsp3) is 0.429. The third kappa shape index (κ3) is 3.01. The summed E-state index contributed by atoms with van der Waals surface area (Å²) in [6, 6.07) is -0.710. The summed E-state index contributed by atoms with van der Waals surface area (Å²) in [6.07, 6.45) is 1.07. The van der Waals surface area contributed by atoms with Crippen LogP contribution in [0.2, 0.25) is 0 Å². The van der Waals surface area contributed by atoms with E-state index in [-0.39, 0.29) is 12.3 Å². The molecule has 1 aromatic heterocycles. The lowest BCUT2D eigenvalue weighted by Gasteiger charge is -2.29. The molecular weight excluding hydrogens is 304 g/mol. The predicted molar refractivity (Wildman–Crippen MR) is 85.0 cm³/mol. The lowest BCUT2D eigenvalue weighted by molar-refractivity contribution is -0.138. The smallest absolute Gasteiger partial charge is 0.249 e. The number of carbonyl (C=O) groups excluding carboxylic acids is 3. The zero-order valence-corrected chi connectivity index (χ0v) is 13.5. The number of nitrogens with two attached hydrogens (primary N) is 1. The number of amidine groups is 1. The van der Waals surface area contributed by atoms with Gasteiger partial charge in [-0.3, -0.25) is 24.6 Å². The summed E-state index contributed by atoms with van der Waals surface area (Å²) >= 11 is 1.44. The Bertz CT molecular complexity index is 665. The Labute approximate surface area is 132 Å². The maximum atomic E-state index is 11.9. The topological polar surface area (TPSA) is 105 Å². The highest BCUT2D eigenvalue weighted by molar-refractivity contribution is 7.16. The first-order valence-electron chi connectivity index (χ1n) is 6.83. The maximum Gasteiger partial charge on any atom is 0.249 e. The van der Waals surface area contributed by atoms with Crippen molar-refractivity contribution in [1.29, 1.82) is 0 Å². The molecule has 7 nitrogen and oxygen atoms in total. The average molecular weight is 322 g/mol. The van der Waals surface area contributed by atoms with Crippen LogP contribution in [-0.2, 0) is 14.4 Å². The Morgan fingerprint density at radius 3 is 2.64 bits per heavy atom. The second-order valence-electron chi connectivity index (χ2n) is 5.14. The summed E-state index contributed by atoms with van der Waals surface area (Å²) in [4.78, 5) is 41.1. The summed E-state index contributed by atoms with van der Waals surface area (Å²) in [5.41, 5.74) is 7.47. The average Bonchev–Trinajstić information content (AvgIpc) is 2.69. The van der Waals surface area contributed by atoms with Gasteiger partial charge in [-0.25, -0.2) is 4.99 Å². The minimum absolute atomic E-state index is 0.206. The molecule has 0 radical (unpaired) electrons. The number of rotatable bonds is 3. The van der Waals surface area contributed by atoms with Crippen molar-refractivity contribution >= 4 is 46.1 Å². The minimum atomic E-state index is -0.710. The van der Waals surface area contributed by atoms with Crippen molar-refractivity contribution in [3.63, 3.8) is 0 Å². The van der Waals surface area contributed by atoms with Gasteiger partial charge in [-0.15, -0.1) is 11.3 Å². The first-order valence-corrected chi connectivity index (χ1v) is 7.65. The van der Waals surface area contributed by atoms with E-state index in [1.807, 2.05) is 13.8 Å². The van der Waals surface area contributed by atoms with Crippen LogP contribution in [0.15, 0.2) is 4.99 Å². The van der Waals surface area contributed by atoms with Gasteiger partial charge in [0.05, 0.1) is 5.69 Å². The van der Waals surface area contributed by atoms with Crippen molar-refractivity contribution in [3.8, 4) is 0 Å². The molecule has 0 bridgehead atoms. The number of hydrogen-bond donors (Lipinski definition) is 2. The maximum absolute atomic E-state index is 11.9. The highest BCUT2D eigenvalue weighted by Crippen LogP contribution is 2.36. The summed E-state index contributed by atoms with van der Waals surface area (Å²) in [6.45, 7) is 5.42. The van der Waals surface area contributed by atoms with Crippen LogP contribution in [0, 0.1) is 13.8 Å². The molecule has 0 saturated carbocycles. The van der Waals surface area contributed by atoms with Crippen molar-refractivity contribution in [3.05, 3.63) is 10.4 Å². The van der Waals surface area contributed by atoms with Gasteiger partial charge in [0.2, 0.25) is 18.2 Å². The summed E-state index contributed by atoms with van der Waals surface area (Å²) in [5.74, 6) is -0.399. The number of nitrogen functional groups attached to an aromatic ring is 1. The van der Waals surface area contributed by atoms with E-state index < -0.39 is 11.9 Å². The van der Waals surface area contributed by atoms with E-state index in [1.54, 1.807) is 6.92 Å². The van der Waals surface area contributed by atoms with Crippen LogP contribution in [0.3, 0.4) is 0 Å². The number of anilines is 1. The lowest BCUT2D eigenvalue weighted by Crippen LogP contribution is -2.53. The number of nitrogens with one attached hydrogen (secondary N) is 1. The number of imide groups is 1. The van der Waals surface area contributed by atoms with Gasteiger partial charge in [0.1, 0.15) is 16.9 Å². The number of aryl methyl sites for hydroxylation is 1. The van der Waals surface area contributed by atoms with E-state index in [0.29, 0.717) is 29.4 Å². The van der Waals surface area contributed by atoms with E-state index in [9.17, 15) is 14.4 Å². The highest BCUT2D eigenvalue weighted by atomic mass is 32.1. The van der Waals surface area contributed by atoms with E-state index >= 15 is 0 Å². The molecule has 1 aliphatic rings. The molecule has 22 heavy (non-hydrogen) atoms. The molecule has 1 unspecified atom stereocenters. The molecular formula is C14H18N4O3S. The SMILES string of the molecule is CC(=Nc1sc(C)c(N)c1C)N(C=O)C1CCC(=O)NC1=O. The van der Waals surface area contributed by atoms with Crippen molar-refractivity contribution in [2.24, 2.45) is 4.99 Å². The Balaban J connectivity index is 2.28. The molecule has 3 amide bonds. The van der Waals surface area contributed by atoms with Crippen LogP contribution in [0.1, 0.15) is 30.2 Å². The quantitative estimate of drug-likeness (QED) is 0.378. The van der Waals surface area contributed by atoms with Crippen molar-refractivity contribution in [2.45, 2.75) is 39.7 Å². The first kappa shape index (κ1) is 16.2. The third-order valence-corrected chi connectivity index (χ3v) is 4.77. The molecule has 3 N–H and O–H groups in total. The zero-order chi connectivity index (χ0) is 16.4. The van der Waals surface area contributed by atoms with E-state index in [0.717, 1.165) is 10.4 Å². The molecule has 0 aliphatic carbocycles. The van der Waals surface area contributed by atoms with Crippen LogP contribution in [-0.4, -0.2) is 35.0 Å². The molecule has 2 rings (SSSR count). The first-order chi connectivity index (χ1) is 10.3. The van der Waals surface area contributed by atoms with Gasteiger partial charge in [0.25, 0.3) is 0 Å². The molecule has 2 heterocycles. The van der Waals surface area contributed by atoms with Gasteiger partial charge >= 0.3 is 0 Å². The number of carbonyl (C=O) groups is 3. The molecule has 0 spiro atoms. The molecule has 118 valence electrons. The monoisotopic (exact) mass is 322 g/mol. The van der Waals surface area contributed by atoms with Gasteiger partial charge < -0.3 is 5.73 Å². The largest absolute Gasteiger partial charge is 0.398 e. The molecule has 1 aliphatic heterocycles. The predicted octanol–water partition coefficient (Wildman–Crippen LogP) is 1.26. The van der Waals surface area contributed by atoms with Crippen LogP contribution in [0.4, 0.5) is 10.7 Å². The molecule has 1 fully saturated rings. The number of aliphatic imine (C=N–C) groups is 1. The molecule has 1 atom stereocenters. The number of amides is 3. The Morgan fingerprint density at radius 1 is 1.45 bits per heavy atom. The Kier molecular flexibility index (Phi) is 4.60. The number of piperidine rings is 1. The van der Waals surface area contributed by atoms with Crippen molar-refractivity contribution in [1.82, 2.24) is 10.2 Å². The van der Waals surface area contributed by atoms with Crippen molar-refractivity contribution in [2.75, 3.05) is 5.73 Å². The highest BCUT2D eigenvalue weighted by Gasteiger charge is 2.32. The number of nitrogens with zero attached hydrogens (tertiary/aromatic N) is 2. The van der Waals surface area contributed by atoms with E-state index in [4.69, 9.17) is 5.73 Å². The molecule has 0 aromatic carbocycles. The normalized spacial score (nSPS) is 19.0. The number of thiophene rings is 1. The second kappa shape index (κ2) is 6.27. The second-order valence-corrected chi connectivity index (χ2v) is 6.34. The fourth-order valence-electron chi connectivity index (χ4n) is 2.29. The molecule has 1 saturated heterocycles. The molecule has 1 aromatic rings. The van der Waals surface area contributed by atoms with Gasteiger partial charge in [-0.1, -0.05) is 0 Å². The van der Waals surface area contributed by atoms with E-state index in [1.165, 1.54) is 16.2 Å². The minimum Gasteiger partial charge on any atom is -0.398 e. The summed E-state index contributed by atoms with van der Waals surface area (Å²) < 4.78 is 0. The van der Waals surface area contributed by atoms with E-state index in [2.05, 4.69) is 10.3 Å². The van der Waals surface area contributed by atoms with Gasteiger partial charge in [-0.2, -0.15) is 0 Å². The van der Waals surface area contributed by atoms with Crippen LogP contribution >= 0.6 is 11.3 Å². The Morgan fingerprint density at radius 2 is 2.14 bits per heavy atom. The van der Waals surface area contributed by atoms with Crippen molar-refractivity contribution < 1.29 is 14.4 Å². The van der Waals surface area contributed by atoms with Gasteiger partial charge in [0, 0.05) is 16.9 Å². The summed E-state index contributed by atoms with van der Waals surface area (Å²) in [5, 5.41) is 2.95. The number of hydrogen-bond acceptors (Lipinski definition) is 6. The lowest BCUT2D eigenvalue weighted by atomic mass is 10.0. The fourth-order valence-corrected chi connectivity index (χ4v) is 3.28. The standard InChI is InChI=1S/C14H18N4O3S/c1-7-12(15)8(2)22-14(7)16-9(3)18(6-19)10-4-5-11(20)17-13(10)21/h6,10H,4-5,15H2,1-3H3,(H,17,20,21).